The third kappa shape index (κ3) is 5.53. The second-order valence-corrected chi connectivity index (χ2v) is 11.8. The number of furan rings is 1. The third-order valence-electron chi connectivity index (χ3n) is 8.70. The van der Waals surface area contributed by atoms with Crippen molar-refractivity contribution in [2.75, 3.05) is 19.7 Å². The van der Waals surface area contributed by atoms with Crippen LogP contribution in [0.4, 0.5) is 8.78 Å². The highest BCUT2D eigenvalue weighted by Crippen LogP contribution is 2.37. The summed E-state index contributed by atoms with van der Waals surface area (Å²) in [5.74, 6) is -0.723. The van der Waals surface area contributed by atoms with Gasteiger partial charge in [0.1, 0.15) is 23.8 Å². The lowest BCUT2D eigenvalue weighted by Gasteiger charge is -2.33. The molecule has 11 heteroatoms. The highest BCUT2D eigenvalue weighted by molar-refractivity contribution is 6.29. The second-order valence-electron chi connectivity index (χ2n) is 11.4. The normalized spacial score (nSPS) is 17.8. The van der Waals surface area contributed by atoms with E-state index >= 15 is 4.39 Å². The van der Waals surface area contributed by atoms with Gasteiger partial charge < -0.3 is 23.6 Å². The van der Waals surface area contributed by atoms with Crippen LogP contribution in [0.5, 0.6) is 5.75 Å². The minimum atomic E-state index is -0.972. The van der Waals surface area contributed by atoms with E-state index in [9.17, 15) is 14.3 Å². The van der Waals surface area contributed by atoms with Crippen LogP contribution in [0.25, 0.3) is 22.0 Å². The number of imidazole rings is 1. The van der Waals surface area contributed by atoms with Crippen LogP contribution in [-0.2, 0) is 24.4 Å². The topological polar surface area (TPSA) is 90.0 Å². The molecule has 5 aromatic rings. The van der Waals surface area contributed by atoms with E-state index in [1.54, 1.807) is 30.3 Å². The number of piperidine rings is 1. The van der Waals surface area contributed by atoms with Crippen LogP contribution in [0.3, 0.4) is 0 Å². The van der Waals surface area contributed by atoms with Crippen LogP contribution in [-0.4, -0.2) is 51.3 Å². The van der Waals surface area contributed by atoms with E-state index < -0.39 is 17.6 Å². The van der Waals surface area contributed by atoms with E-state index in [0.29, 0.717) is 18.7 Å². The minimum absolute atomic E-state index is 0.00206. The first kappa shape index (κ1) is 28.8. The summed E-state index contributed by atoms with van der Waals surface area (Å²) in [6.07, 6.45) is 2.64. The van der Waals surface area contributed by atoms with Gasteiger partial charge in [-0.2, -0.15) is 0 Å². The zero-order chi connectivity index (χ0) is 30.4. The lowest BCUT2D eigenvalue weighted by molar-refractivity contribution is -0.0592. The van der Waals surface area contributed by atoms with Crippen molar-refractivity contribution in [1.82, 2.24) is 14.5 Å². The molecule has 8 nitrogen and oxygen atoms in total. The number of fused-ring (bicyclic) bond motifs is 2. The van der Waals surface area contributed by atoms with Crippen molar-refractivity contribution in [2.45, 2.75) is 51.0 Å². The van der Waals surface area contributed by atoms with E-state index in [-0.39, 0.29) is 46.1 Å². The van der Waals surface area contributed by atoms with Crippen molar-refractivity contribution in [3.63, 3.8) is 0 Å². The predicted octanol–water partition coefficient (Wildman–Crippen LogP) is 7.16. The molecule has 4 heterocycles. The van der Waals surface area contributed by atoms with Gasteiger partial charge >= 0.3 is 5.97 Å². The molecule has 1 atom stereocenters. The fourth-order valence-corrected chi connectivity index (χ4v) is 6.43. The minimum Gasteiger partial charge on any atom is -0.485 e. The van der Waals surface area contributed by atoms with Crippen molar-refractivity contribution in [1.29, 1.82) is 0 Å². The highest BCUT2D eigenvalue weighted by Gasteiger charge is 2.28. The highest BCUT2D eigenvalue weighted by atomic mass is 35.5. The molecule has 2 saturated heterocycles. The molecule has 2 fully saturated rings. The Balaban J connectivity index is 1.07. The molecule has 1 N–H and O–H groups in total. The number of halogens is 3. The molecule has 0 bridgehead atoms. The first-order chi connectivity index (χ1) is 21.3. The zero-order valence-electron chi connectivity index (χ0n) is 23.8. The van der Waals surface area contributed by atoms with Gasteiger partial charge in [0.15, 0.2) is 16.8 Å². The van der Waals surface area contributed by atoms with Crippen LogP contribution in [0.15, 0.2) is 59.0 Å². The van der Waals surface area contributed by atoms with E-state index in [0.717, 1.165) is 61.4 Å². The van der Waals surface area contributed by atoms with Gasteiger partial charge in [0.2, 0.25) is 0 Å². The Bertz CT molecular complexity index is 1860. The lowest BCUT2D eigenvalue weighted by Crippen LogP contribution is -2.35. The number of hydrogen-bond acceptors (Lipinski definition) is 6. The van der Waals surface area contributed by atoms with Gasteiger partial charge in [-0.1, -0.05) is 12.1 Å². The van der Waals surface area contributed by atoms with E-state index in [2.05, 4.69) is 9.47 Å². The van der Waals surface area contributed by atoms with Crippen LogP contribution < -0.4 is 4.74 Å². The zero-order valence-corrected chi connectivity index (χ0v) is 24.5. The fourth-order valence-electron chi connectivity index (χ4n) is 6.24. The number of ether oxygens (including phenoxy) is 2. The molecule has 2 aromatic heterocycles. The average Bonchev–Trinajstić information content (AvgIpc) is 3.55. The van der Waals surface area contributed by atoms with Crippen LogP contribution in [0.2, 0.25) is 5.22 Å². The quantitative estimate of drug-likeness (QED) is 0.187. The first-order valence-electron chi connectivity index (χ1n) is 14.7. The molecule has 2 aliphatic rings. The Labute approximate surface area is 256 Å². The Kier molecular flexibility index (Phi) is 7.74. The summed E-state index contributed by atoms with van der Waals surface area (Å²) in [7, 11) is 0. The van der Waals surface area contributed by atoms with Gasteiger partial charge in [-0.3, -0.25) is 4.90 Å². The van der Waals surface area contributed by atoms with Crippen LogP contribution >= 0.6 is 11.6 Å². The molecular weight excluding hydrogens is 592 g/mol. The maximum atomic E-state index is 15.1. The van der Waals surface area contributed by atoms with Gasteiger partial charge in [0.05, 0.1) is 41.2 Å². The largest absolute Gasteiger partial charge is 0.485 e. The molecular formula is C33H30ClF2N3O5. The molecule has 44 heavy (non-hydrogen) atoms. The van der Waals surface area contributed by atoms with E-state index in [4.69, 9.17) is 30.5 Å². The van der Waals surface area contributed by atoms with Gasteiger partial charge in [0, 0.05) is 23.8 Å². The molecule has 7 rings (SSSR count). The SMILES string of the molecule is O=C(O)c1ccc2nc(CN3CCC(c4cccc(F)c4OCc4ccc(F)c5cc(Cl)oc45)CC3)n(C[C@@H]3CCO3)c2c1. The van der Waals surface area contributed by atoms with Crippen molar-refractivity contribution in [3.05, 3.63) is 94.0 Å². The summed E-state index contributed by atoms with van der Waals surface area (Å²) in [6, 6.07) is 14.3. The molecule has 0 unspecified atom stereocenters. The number of benzene rings is 3. The molecule has 228 valence electrons. The monoisotopic (exact) mass is 621 g/mol. The number of likely N-dealkylation sites (tertiary alicyclic amines) is 1. The van der Waals surface area contributed by atoms with Crippen LogP contribution in [0.1, 0.15) is 52.5 Å². The van der Waals surface area contributed by atoms with Crippen molar-refractivity contribution in [2.24, 2.45) is 0 Å². The van der Waals surface area contributed by atoms with Gasteiger partial charge in [-0.25, -0.2) is 18.6 Å². The number of rotatable bonds is 9. The third-order valence-corrected chi connectivity index (χ3v) is 8.88. The molecule has 0 aliphatic carbocycles. The molecule has 0 saturated carbocycles. The number of carboxylic acids is 1. The van der Waals surface area contributed by atoms with Gasteiger partial charge in [-0.15, -0.1) is 0 Å². The number of aromatic carboxylic acids is 1. The summed E-state index contributed by atoms with van der Waals surface area (Å²) in [5, 5.41) is 9.85. The summed E-state index contributed by atoms with van der Waals surface area (Å²) in [4.78, 5) is 18.8. The maximum absolute atomic E-state index is 15.1. The van der Waals surface area contributed by atoms with Gasteiger partial charge in [-0.05, 0) is 86.3 Å². The predicted molar refractivity (Wildman–Crippen MR) is 160 cm³/mol. The van der Waals surface area contributed by atoms with Crippen LogP contribution in [0, 0.1) is 11.6 Å². The second kappa shape index (κ2) is 11.8. The average molecular weight is 622 g/mol. The summed E-state index contributed by atoms with van der Waals surface area (Å²) in [5.41, 5.74) is 3.44. The molecule has 0 radical (unpaired) electrons. The standard InChI is InChI=1S/C33H30ClF2N3O5/c34-29-15-24-25(35)6-4-21(31(24)44-29)18-43-32-23(2-1-3-26(32)36)19-8-11-38(12-9-19)17-30-37-27-7-5-20(33(40)41)14-28(27)39(30)16-22-10-13-42-22/h1-7,14-15,19,22H,8-13,16-18H2,(H,40,41)/t22-/m0/s1. The summed E-state index contributed by atoms with van der Waals surface area (Å²) >= 11 is 5.97. The molecule has 3 aromatic carbocycles. The number of nitrogens with zero attached hydrogens (tertiary/aromatic N) is 3. The number of carboxylic acid groups (broad SMARTS) is 1. The fraction of sp³-hybridized carbons (Fsp3) is 0.333. The molecule has 2 aliphatic heterocycles. The van der Waals surface area contributed by atoms with Crippen molar-refractivity contribution >= 4 is 39.6 Å². The number of hydrogen-bond donors (Lipinski definition) is 1. The number of carbonyl (C=O) groups is 1. The molecule has 0 amide bonds. The Morgan fingerprint density at radius 2 is 1.89 bits per heavy atom. The Morgan fingerprint density at radius 1 is 1.07 bits per heavy atom. The van der Waals surface area contributed by atoms with E-state index in [1.165, 1.54) is 18.2 Å². The van der Waals surface area contributed by atoms with Gasteiger partial charge in [0.25, 0.3) is 0 Å². The van der Waals surface area contributed by atoms with E-state index in [1.807, 2.05) is 6.07 Å². The summed E-state index contributed by atoms with van der Waals surface area (Å²) < 4.78 is 48.6. The molecule has 0 spiro atoms. The number of aromatic nitrogens is 2. The first-order valence-corrected chi connectivity index (χ1v) is 15.1. The number of para-hydroxylation sites is 1. The van der Waals surface area contributed by atoms with Crippen molar-refractivity contribution < 1.29 is 32.6 Å². The van der Waals surface area contributed by atoms with Crippen molar-refractivity contribution in [3.8, 4) is 5.75 Å². The summed E-state index contributed by atoms with van der Waals surface area (Å²) in [6.45, 7) is 3.51. The smallest absolute Gasteiger partial charge is 0.335 e. The Hall–Kier alpha value is -3.99. The lowest BCUT2D eigenvalue weighted by atomic mass is 9.88. The Morgan fingerprint density at radius 3 is 2.64 bits per heavy atom. The maximum Gasteiger partial charge on any atom is 0.335 e.